The van der Waals surface area contributed by atoms with Gasteiger partial charge in [-0.25, -0.2) is 4.98 Å². The summed E-state index contributed by atoms with van der Waals surface area (Å²) in [4.78, 5) is 14.4. The van der Waals surface area contributed by atoms with Gasteiger partial charge in [-0.05, 0) is 61.1 Å². The van der Waals surface area contributed by atoms with Crippen LogP contribution in [0.25, 0.3) is 16.9 Å². The lowest BCUT2D eigenvalue weighted by atomic mass is 10.1. The second kappa shape index (κ2) is 8.49. The molecule has 0 bridgehead atoms. The molecular weight excluding hydrogens is 386 g/mol. The van der Waals surface area contributed by atoms with Gasteiger partial charge in [0.05, 0.1) is 30.2 Å². The molecule has 1 atom stereocenters. The minimum atomic E-state index is 0.251. The molecule has 0 radical (unpaired) electrons. The Morgan fingerprint density at radius 1 is 1.00 bits per heavy atom. The number of hydrogen-bond donors (Lipinski definition) is 0. The molecule has 31 heavy (non-hydrogen) atoms. The van der Waals surface area contributed by atoms with Gasteiger partial charge >= 0.3 is 0 Å². The zero-order chi connectivity index (χ0) is 21.2. The van der Waals surface area contributed by atoms with E-state index in [0.29, 0.717) is 0 Å². The predicted molar refractivity (Wildman–Crippen MR) is 122 cm³/mol. The van der Waals surface area contributed by atoms with Crippen LogP contribution in [0, 0.1) is 0 Å². The van der Waals surface area contributed by atoms with Crippen molar-refractivity contribution in [2.24, 2.45) is 0 Å². The van der Waals surface area contributed by atoms with Crippen LogP contribution in [0.3, 0.4) is 0 Å². The van der Waals surface area contributed by atoms with E-state index in [0.717, 1.165) is 60.2 Å². The fraction of sp³-hybridized carbons (Fsp3) is 0.280. The van der Waals surface area contributed by atoms with Crippen LogP contribution >= 0.6 is 0 Å². The quantitative estimate of drug-likeness (QED) is 0.497. The van der Waals surface area contributed by atoms with Crippen molar-refractivity contribution < 1.29 is 4.74 Å². The van der Waals surface area contributed by atoms with Crippen molar-refractivity contribution in [1.29, 1.82) is 0 Å². The van der Waals surface area contributed by atoms with Gasteiger partial charge in [0.2, 0.25) is 0 Å². The summed E-state index contributed by atoms with van der Waals surface area (Å²) in [5, 5.41) is 0. The van der Waals surface area contributed by atoms with Crippen LogP contribution < -0.4 is 4.74 Å². The highest BCUT2D eigenvalue weighted by Gasteiger charge is 2.28. The molecule has 6 heteroatoms. The van der Waals surface area contributed by atoms with E-state index in [1.54, 1.807) is 7.11 Å². The Morgan fingerprint density at radius 3 is 2.65 bits per heavy atom. The van der Waals surface area contributed by atoms with Crippen molar-refractivity contribution in [3.8, 4) is 17.0 Å². The zero-order valence-electron chi connectivity index (χ0n) is 18.0. The molecule has 4 aromatic rings. The maximum atomic E-state index is 5.31. The molecular formula is C25H27N5O. The third-order valence-corrected chi connectivity index (χ3v) is 6.08. The number of likely N-dealkylation sites (N-methyl/N-ethyl adjacent to an activating group) is 1. The lowest BCUT2D eigenvalue weighted by Gasteiger charge is -2.38. The van der Waals surface area contributed by atoms with Gasteiger partial charge in [-0.1, -0.05) is 12.1 Å². The average molecular weight is 414 g/mol. The first kappa shape index (κ1) is 19.7. The number of fused-ring (bicyclic) bond motifs is 1. The summed E-state index contributed by atoms with van der Waals surface area (Å²) >= 11 is 0. The molecule has 0 spiro atoms. The summed E-state index contributed by atoms with van der Waals surface area (Å²) in [6, 6.07) is 20.8. The van der Waals surface area contributed by atoms with Gasteiger partial charge in [0.15, 0.2) is 0 Å². The SMILES string of the molecule is COc1ccc(-c2cccc3nc([C@@H]4CN(Cc5ccccn5)CCN4C)cn23)cc1. The Hall–Kier alpha value is -3.22. The maximum Gasteiger partial charge on any atom is 0.137 e. The molecule has 158 valence electrons. The van der Waals surface area contributed by atoms with Gasteiger partial charge in [-0.2, -0.15) is 0 Å². The van der Waals surface area contributed by atoms with Gasteiger partial charge in [0, 0.05) is 38.6 Å². The first-order valence-electron chi connectivity index (χ1n) is 10.7. The van der Waals surface area contributed by atoms with Gasteiger partial charge in [0.25, 0.3) is 0 Å². The van der Waals surface area contributed by atoms with E-state index in [1.165, 1.54) is 0 Å². The number of hydrogen-bond acceptors (Lipinski definition) is 5. The lowest BCUT2D eigenvalue weighted by Crippen LogP contribution is -2.46. The van der Waals surface area contributed by atoms with Crippen LogP contribution in [0.4, 0.5) is 0 Å². The monoisotopic (exact) mass is 413 g/mol. The van der Waals surface area contributed by atoms with E-state index in [2.05, 4.69) is 74.9 Å². The van der Waals surface area contributed by atoms with E-state index in [9.17, 15) is 0 Å². The highest BCUT2D eigenvalue weighted by Crippen LogP contribution is 2.28. The van der Waals surface area contributed by atoms with Crippen LogP contribution in [0.5, 0.6) is 5.75 Å². The number of piperazine rings is 1. The van der Waals surface area contributed by atoms with Crippen LogP contribution in [-0.4, -0.2) is 58.0 Å². The molecule has 1 aliphatic rings. The van der Waals surface area contributed by atoms with Crippen LogP contribution in [0.1, 0.15) is 17.4 Å². The van der Waals surface area contributed by atoms with Crippen molar-refractivity contribution >= 4 is 5.65 Å². The molecule has 5 rings (SSSR count). The number of methoxy groups -OCH3 is 1. The molecule has 0 N–H and O–H groups in total. The maximum absolute atomic E-state index is 5.31. The molecule has 0 saturated carbocycles. The molecule has 1 fully saturated rings. The molecule has 0 aliphatic carbocycles. The number of pyridine rings is 2. The van der Waals surface area contributed by atoms with Crippen molar-refractivity contribution in [3.63, 3.8) is 0 Å². The number of aromatic nitrogens is 3. The summed E-state index contributed by atoms with van der Waals surface area (Å²) in [5.41, 5.74) is 5.46. The van der Waals surface area contributed by atoms with Crippen molar-refractivity contribution in [2.75, 3.05) is 33.8 Å². The minimum absolute atomic E-state index is 0.251. The van der Waals surface area contributed by atoms with Crippen LogP contribution in [0.2, 0.25) is 0 Å². The first-order valence-corrected chi connectivity index (χ1v) is 10.7. The largest absolute Gasteiger partial charge is 0.497 e. The van der Waals surface area contributed by atoms with Crippen molar-refractivity contribution in [2.45, 2.75) is 12.6 Å². The third kappa shape index (κ3) is 4.04. The number of imidazole rings is 1. The molecule has 0 amide bonds. The molecule has 3 aromatic heterocycles. The average Bonchev–Trinajstić information content (AvgIpc) is 3.25. The van der Waals surface area contributed by atoms with E-state index < -0.39 is 0 Å². The van der Waals surface area contributed by atoms with Crippen LogP contribution in [-0.2, 0) is 6.54 Å². The number of benzene rings is 1. The van der Waals surface area contributed by atoms with Crippen LogP contribution in [0.15, 0.2) is 73.1 Å². The molecule has 6 nitrogen and oxygen atoms in total. The molecule has 4 heterocycles. The Bertz CT molecular complexity index is 1160. The first-order chi connectivity index (χ1) is 15.2. The fourth-order valence-corrected chi connectivity index (χ4v) is 4.30. The molecule has 1 aliphatic heterocycles. The summed E-state index contributed by atoms with van der Waals surface area (Å²) < 4.78 is 7.50. The predicted octanol–water partition coefficient (Wildman–Crippen LogP) is 3.89. The Balaban J connectivity index is 1.43. The van der Waals surface area contributed by atoms with E-state index in [4.69, 9.17) is 9.72 Å². The van der Waals surface area contributed by atoms with Crippen molar-refractivity contribution in [1.82, 2.24) is 24.2 Å². The lowest BCUT2D eigenvalue weighted by molar-refractivity contribution is 0.0877. The highest BCUT2D eigenvalue weighted by molar-refractivity contribution is 5.64. The van der Waals surface area contributed by atoms with Gasteiger partial charge in [-0.15, -0.1) is 0 Å². The van der Waals surface area contributed by atoms with E-state index >= 15 is 0 Å². The standard InChI is InChI=1S/C25H27N5O/c1-28-14-15-29(16-20-6-3-4-13-26-20)18-24(28)22-17-30-23(7-5-8-25(30)27-22)19-9-11-21(31-2)12-10-19/h3-13,17,24H,14-16,18H2,1-2H3/t24-/m0/s1. The summed E-state index contributed by atoms with van der Waals surface area (Å²) in [7, 11) is 3.88. The van der Waals surface area contributed by atoms with Crippen molar-refractivity contribution in [3.05, 3.63) is 84.4 Å². The topological polar surface area (TPSA) is 45.9 Å². The molecule has 1 saturated heterocycles. The number of rotatable bonds is 5. The minimum Gasteiger partial charge on any atom is -0.497 e. The second-order valence-corrected chi connectivity index (χ2v) is 8.09. The van der Waals surface area contributed by atoms with Gasteiger partial charge in [-0.3, -0.25) is 19.2 Å². The Morgan fingerprint density at radius 2 is 1.87 bits per heavy atom. The second-order valence-electron chi connectivity index (χ2n) is 8.09. The number of ether oxygens (including phenoxy) is 1. The Kier molecular flexibility index (Phi) is 5.40. The van der Waals surface area contributed by atoms with E-state index in [-0.39, 0.29) is 6.04 Å². The smallest absolute Gasteiger partial charge is 0.137 e. The molecule has 0 unspecified atom stereocenters. The van der Waals surface area contributed by atoms with Gasteiger partial charge in [0.1, 0.15) is 11.4 Å². The summed E-state index contributed by atoms with van der Waals surface area (Å²) in [6.07, 6.45) is 4.06. The normalized spacial score (nSPS) is 17.8. The number of nitrogens with zero attached hydrogens (tertiary/aromatic N) is 5. The molecule has 1 aromatic carbocycles. The fourth-order valence-electron chi connectivity index (χ4n) is 4.30. The van der Waals surface area contributed by atoms with Gasteiger partial charge < -0.3 is 4.74 Å². The third-order valence-electron chi connectivity index (χ3n) is 6.08. The Labute approximate surface area is 182 Å². The summed E-state index contributed by atoms with van der Waals surface area (Å²) in [6.45, 7) is 3.86. The zero-order valence-corrected chi connectivity index (χ0v) is 18.0. The van der Waals surface area contributed by atoms with E-state index in [1.807, 2.05) is 24.4 Å². The summed E-state index contributed by atoms with van der Waals surface area (Å²) in [5.74, 6) is 0.860. The highest BCUT2D eigenvalue weighted by atomic mass is 16.5.